The Morgan fingerprint density at radius 1 is 1.23 bits per heavy atom. The minimum absolute atomic E-state index is 0.0440. The molecule has 35 heavy (non-hydrogen) atoms. The molecule has 2 heterocycles. The number of nitrogens with zero attached hydrogens (tertiary/aromatic N) is 4. The van der Waals surface area contributed by atoms with Gasteiger partial charge in [0.15, 0.2) is 0 Å². The average Bonchev–Trinajstić information content (AvgIpc) is 2.80. The molecule has 0 saturated carbocycles. The van der Waals surface area contributed by atoms with Gasteiger partial charge in [-0.2, -0.15) is 9.97 Å². The first-order chi connectivity index (χ1) is 16.7. The summed E-state index contributed by atoms with van der Waals surface area (Å²) in [5, 5.41) is 3.67. The van der Waals surface area contributed by atoms with Gasteiger partial charge in [-0.1, -0.05) is 50.6 Å². The van der Waals surface area contributed by atoms with E-state index in [-0.39, 0.29) is 28.7 Å². The molecule has 0 aliphatic carbocycles. The number of amides is 1. The first-order valence-corrected chi connectivity index (χ1v) is 11.6. The maximum atomic E-state index is 13.6. The van der Waals surface area contributed by atoms with Crippen LogP contribution in [0.15, 0.2) is 41.2 Å². The van der Waals surface area contributed by atoms with E-state index in [1.807, 2.05) is 45.9 Å². The summed E-state index contributed by atoms with van der Waals surface area (Å²) in [6, 6.07) is 4.45. The molecule has 7 N–H and O–H groups in total. The number of nitrogen functional groups attached to an aromatic ring is 2. The first-order valence-electron chi connectivity index (χ1n) is 11.2. The number of hydrogen-bond donors (Lipinski definition) is 4. The molecular formula is C24H31ClN8O2. The molecule has 0 bridgehead atoms. The zero-order valence-electron chi connectivity index (χ0n) is 20.5. The highest BCUT2D eigenvalue weighted by Gasteiger charge is 2.23. The predicted octanol–water partition coefficient (Wildman–Crippen LogP) is 4.13. The number of nitrogens with one attached hydrogen (secondary N) is 1. The van der Waals surface area contributed by atoms with Crippen LogP contribution in [0, 0.1) is 0 Å². The third kappa shape index (κ3) is 5.78. The van der Waals surface area contributed by atoms with E-state index in [2.05, 4.69) is 15.3 Å². The van der Waals surface area contributed by atoms with E-state index in [4.69, 9.17) is 33.8 Å². The molecule has 3 rings (SSSR count). The van der Waals surface area contributed by atoms with Crippen LogP contribution in [0.25, 0.3) is 16.6 Å². The van der Waals surface area contributed by atoms with Crippen molar-refractivity contribution in [3.05, 3.63) is 63.2 Å². The molecule has 1 atom stereocenters. The Labute approximate surface area is 208 Å². The Balaban J connectivity index is 0.00000210. The van der Waals surface area contributed by atoms with E-state index >= 15 is 0 Å². The maximum absolute atomic E-state index is 13.6. The van der Waals surface area contributed by atoms with Crippen LogP contribution in [-0.2, 0) is 0 Å². The lowest BCUT2D eigenvalue weighted by Gasteiger charge is -2.22. The number of benzene rings is 1. The van der Waals surface area contributed by atoms with Crippen molar-refractivity contribution < 1.29 is 4.79 Å². The fourth-order valence-corrected chi connectivity index (χ4v) is 3.70. The van der Waals surface area contributed by atoms with Crippen LogP contribution >= 0.6 is 11.6 Å². The highest BCUT2D eigenvalue weighted by atomic mass is 35.5. The number of halogens is 1. The largest absolute Gasteiger partial charge is 0.383 e. The van der Waals surface area contributed by atoms with Crippen molar-refractivity contribution in [1.29, 1.82) is 0 Å². The summed E-state index contributed by atoms with van der Waals surface area (Å²) in [6.07, 6.45) is 6.06. The van der Waals surface area contributed by atoms with Gasteiger partial charge in [0.25, 0.3) is 11.5 Å². The van der Waals surface area contributed by atoms with Crippen LogP contribution in [0.4, 0.5) is 17.6 Å². The number of fused-ring (bicyclic) bond motifs is 1. The standard InChI is InChI=1S/C22H25ClN8O2.C2H6/c1-4-6-8-12(5-2)31-20(28-14-10-7-9-13(23)15(14)21(31)33)11(3)27-19-16(18(25)32)17(24)29-22(26)30-19;1-2/h4,6-11H,5H2,1-3H3,(H2,25,32)(H5,24,26,27,29,30);1-2H3/b6-4-,12-8+;. The molecular weight excluding hydrogens is 468 g/mol. The molecule has 186 valence electrons. The van der Waals surface area contributed by atoms with Gasteiger partial charge in [0.2, 0.25) is 5.95 Å². The van der Waals surface area contributed by atoms with E-state index in [9.17, 15) is 9.59 Å². The lowest BCUT2D eigenvalue weighted by atomic mass is 10.1. The molecule has 10 nitrogen and oxygen atoms in total. The molecule has 0 aliphatic rings. The van der Waals surface area contributed by atoms with E-state index in [0.717, 1.165) is 0 Å². The Hall–Kier alpha value is -3.92. The second-order valence-corrected chi connectivity index (χ2v) is 7.61. The number of allylic oxidation sites excluding steroid dienone is 4. The molecule has 0 fully saturated rings. The van der Waals surface area contributed by atoms with Gasteiger partial charge >= 0.3 is 0 Å². The Morgan fingerprint density at radius 2 is 1.91 bits per heavy atom. The molecule has 11 heteroatoms. The molecule has 0 spiro atoms. The molecule has 3 aromatic rings. The summed E-state index contributed by atoms with van der Waals surface area (Å²) in [7, 11) is 0. The Morgan fingerprint density at radius 3 is 2.51 bits per heavy atom. The van der Waals surface area contributed by atoms with Crippen molar-refractivity contribution in [2.24, 2.45) is 5.73 Å². The fourth-order valence-electron chi connectivity index (χ4n) is 3.45. The van der Waals surface area contributed by atoms with Crippen LogP contribution in [0.5, 0.6) is 0 Å². The lowest BCUT2D eigenvalue weighted by Crippen LogP contribution is -2.29. The molecule has 1 aromatic carbocycles. The van der Waals surface area contributed by atoms with E-state index in [1.165, 1.54) is 4.57 Å². The fraction of sp³-hybridized carbons (Fsp3) is 0.292. The van der Waals surface area contributed by atoms with Gasteiger partial charge in [-0.05, 0) is 38.5 Å². The summed E-state index contributed by atoms with van der Waals surface area (Å²) in [5.41, 5.74) is 17.7. The highest BCUT2D eigenvalue weighted by molar-refractivity contribution is 6.35. The van der Waals surface area contributed by atoms with Crippen LogP contribution in [0.1, 0.15) is 63.3 Å². The lowest BCUT2D eigenvalue weighted by molar-refractivity contribution is 0.100. The van der Waals surface area contributed by atoms with Crippen molar-refractivity contribution in [3.63, 3.8) is 0 Å². The number of nitrogens with two attached hydrogens (primary N) is 3. The maximum Gasteiger partial charge on any atom is 0.267 e. The first kappa shape index (κ1) is 27.3. The molecule has 1 unspecified atom stereocenters. The van der Waals surface area contributed by atoms with Gasteiger partial charge in [0, 0.05) is 5.70 Å². The minimum atomic E-state index is -0.819. The summed E-state index contributed by atoms with van der Waals surface area (Å²) in [4.78, 5) is 38.1. The molecule has 1 amide bonds. The smallest absolute Gasteiger partial charge is 0.267 e. The van der Waals surface area contributed by atoms with Gasteiger partial charge in [-0.3, -0.25) is 14.2 Å². The van der Waals surface area contributed by atoms with Gasteiger partial charge < -0.3 is 22.5 Å². The summed E-state index contributed by atoms with van der Waals surface area (Å²) < 4.78 is 1.50. The van der Waals surface area contributed by atoms with Crippen molar-refractivity contribution in [2.45, 2.75) is 47.1 Å². The van der Waals surface area contributed by atoms with Gasteiger partial charge in [0.05, 0.1) is 22.0 Å². The summed E-state index contributed by atoms with van der Waals surface area (Å²) in [5.74, 6) is -0.686. The topological polar surface area (TPSA) is 168 Å². The number of anilines is 3. The van der Waals surface area contributed by atoms with Gasteiger partial charge in [-0.25, -0.2) is 4.98 Å². The van der Waals surface area contributed by atoms with E-state index < -0.39 is 11.9 Å². The summed E-state index contributed by atoms with van der Waals surface area (Å²) >= 11 is 6.34. The van der Waals surface area contributed by atoms with Crippen LogP contribution in [0.3, 0.4) is 0 Å². The monoisotopic (exact) mass is 498 g/mol. The second-order valence-electron chi connectivity index (χ2n) is 7.20. The molecule has 0 saturated heterocycles. The number of hydrogen-bond acceptors (Lipinski definition) is 8. The van der Waals surface area contributed by atoms with Crippen molar-refractivity contribution in [3.8, 4) is 0 Å². The summed E-state index contributed by atoms with van der Waals surface area (Å²) in [6.45, 7) is 9.57. The predicted molar refractivity (Wildman–Crippen MR) is 143 cm³/mol. The van der Waals surface area contributed by atoms with E-state index in [0.29, 0.717) is 33.9 Å². The van der Waals surface area contributed by atoms with Crippen LogP contribution < -0.4 is 28.1 Å². The molecule has 0 aliphatic heterocycles. The number of carbonyl (C=O) groups is 1. The number of carbonyl (C=O) groups excluding carboxylic acids is 1. The van der Waals surface area contributed by atoms with Crippen LogP contribution in [-0.4, -0.2) is 25.4 Å². The SMILES string of the molecule is C/C=C\C=C(/CC)n1c(C(C)Nc2nc(N)nc(N)c2C(N)=O)nc2cccc(Cl)c2c1=O.CC. The zero-order valence-corrected chi connectivity index (χ0v) is 21.2. The van der Waals surface area contributed by atoms with Crippen molar-refractivity contribution in [2.75, 3.05) is 16.8 Å². The molecule has 2 aromatic heterocycles. The second kappa shape index (κ2) is 12.0. The van der Waals surface area contributed by atoms with Crippen molar-refractivity contribution >= 4 is 51.7 Å². The third-order valence-electron chi connectivity index (χ3n) is 4.94. The normalized spacial score (nSPS) is 12.3. The average molecular weight is 499 g/mol. The minimum Gasteiger partial charge on any atom is -0.383 e. The van der Waals surface area contributed by atoms with Gasteiger partial charge in [0.1, 0.15) is 23.0 Å². The highest BCUT2D eigenvalue weighted by Crippen LogP contribution is 2.27. The molecule has 0 radical (unpaired) electrons. The van der Waals surface area contributed by atoms with Crippen LogP contribution in [0.2, 0.25) is 5.02 Å². The number of primary amides is 1. The number of rotatable bonds is 7. The number of aromatic nitrogens is 4. The van der Waals surface area contributed by atoms with Gasteiger partial charge in [-0.15, -0.1) is 0 Å². The van der Waals surface area contributed by atoms with Crippen molar-refractivity contribution in [1.82, 2.24) is 19.5 Å². The third-order valence-corrected chi connectivity index (χ3v) is 5.26. The quantitative estimate of drug-likeness (QED) is 0.352. The Kier molecular flexibility index (Phi) is 9.35. The Bertz CT molecular complexity index is 1350. The zero-order chi connectivity index (χ0) is 26.3. The van der Waals surface area contributed by atoms with E-state index in [1.54, 1.807) is 25.1 Å².